The van der Waals surface area contributed by atoms with Gasteiger partial charge in [0.1, 0.15) is 5.75 Å². The molecule has 1 amide bonds. The summed E-state index contributed by atoms with van der Waals surface area (Å²) < 4.78 is 5.07. The van der Waals surface area contributed by atoms with Gasteiger partial charge in [0.2, 0.25) is 0 Å². The van der Waals surface area contributed by atoms with Crippen LogP contribution in [0.3, 0.4) is 0 Å². The minimum atomic E-state index is -0.621. The number of nitrogens with one attached hydrogen (secondary N) is 1. The van der Waals surface area contributed by atoms with Crippen LogP contribution in [0.5, 0.6) is 5.75 Å². The number of methoxy groups -OCH3 is 1. The van der Waals surface area contributed by atoms with Crippen molar-refractivity contribution in [2.24, 2.45) is 5.16 Å². The Morgan fingerprint density at radius 2 is 1.92 bits per heavy atom. The normalized spacial score (nSPS) is 14.9. The highest BCUT2D eigenvalue weighted by Gasteiger charge is 2.19. The second-order valence-electron chi connectivity index (χ2n) is 5.46. The van der Waals surface area contributed by atoms with E-state index in [1.54, 1.807) is 31.4 Å². The summed E-state index contributed by atoms with van der Waals surface area (Å²) in [5.41, 5.74) is 3.46. The van der Waals surface area contributed by atoms with Crippen molar-refractivity contribution in [3.05, 3.63) is 54.1 Å². The van der Waals surface area contributed by atoms with Crippen LogP contribution in [0.1, 0.15) is 12.0 Å². The van der Waals surface area contributed by atoms with Crippen LogP contribution in [0.15, 0.2) is 53.7 Å². The summed E-state index contributed by atoms with van der Waals surface area (Å²) in [7, 11) is 3.62. The van der Waals surface area contributed by atoms with Crippen LogP contribution in [0, 0.1) is 0 Å². The van der Waals surface area contributed by atoms with E-state index in [-0.39, 0.29) is 0 Å². The number of hydrogen-bond acceptors (Lipinski definition) is 5. The number of para-hydroxylation sites is 1. The van der Waals surface area contributed by atoms with Crippen LogP contribution in [-0.4, -0.2) is 32.5 Å². The van der Waals surface area contributed by atoms with Crippen molar-refractivity contribution in [3.8, 4) is 5.75 Å². The Balaban J connectivity index is 1.67. The van der Waals surface area contributed by atoms with Crippen molar-refractivity contribution in [2.45, 2.75) is 6.42 Å². The Kier molecular flexibility index (Phi) is 4.65. The highest BCUT2D eigenvalue weighted by molar-refractivity contribution is 6.07. The zero-order chi connectivity index (χ0) is 16.9. The highest BCUT2D eigenvalue weighted by atomic mass is 16.7. The van der Waals surface area contributed by atoms with Gasteiger partial charge in [0.15, 0.2) is 0 Å². The molecule has 0 atom stereocenters. The standard InChI is InChI=1S/C18H19N3O3/c1-21-12-11-16(15-5-3-4-6-17(15)21)20-24-18(22)19-13-7-9-14(23-2)10-8-13/h3-10H,11-12H2,1-2H3,(H,19,22)/b20-16+. The summed E-state index contributed by atoms with van der Waals surface area (Å²) in [5.74, 6) is 0.720. The number of hydrogen-bond donors (Lipinski definition) is 1. The van der Waals surface area contributed by atoms with Gasteiger partial charge in [-0.3, -0.25) is 10.2 Å². The lowest BCUT2D eigenvalue weighted by Crippen LogP contribution is -2.29. The molecule has 6 heteroatoms. The maximum Gasteiger partial charge on any atom is 0.437 e. The van der Waals surface area contributed by atoms with Crippen LogP contribution in [0.4, 0.5) is 16.2 Å². The van der Waals surface area contributed by atoms with E-state index < -0.39 is 6.09 Å². The molecule has 1 aliphatic heterocycles. The minimum Gasteiger partial charge on any atom is -0.497 e. The number of nitrogens with zero attached hydrogens (tertiary/aromatic N) is 2. The third-order valence-corrected chi connectivity index (χ3v) is 3.89. The molecule has 0 spiro atoms. The second kappa shape index (κ2) is 7.04. The molecular formula is C18H19N3O3. The molecule has 0 aromatic heterocycles. The lowest BCUT2D eigenvalue weighted by molar-refractivity contribution is 0.166. The van der Waals surface area contributed by atoms with E-state index in [1.165, 1.54) is 0 Å². The van der Waals surface area contributed by atoms with Crippen LogP contribution in [-0.2, 0) is 4.84 Å². The molecule has 2 aromatic rings. The van der Waals surface area contributed by atoms with E-state index in [1.807, 2.05) is 31.3 Å². The first-order chi connectivity index (χ1) is 11.7. The van der Waals surface area contributed by atoms with Gasteiger partial charge in [0, 0.05) is 37.0 Å². The first-order valence-corrected chi connectivity index (χ1v) is 7.67. The molecule has 0 fully saturated rings. The minimum absolute atomic E-state index is 0.616. The fourth-order valence-electron chi connectivity index (χ4n) is 2.59. The fourth-order valence-corrected chi connectivity index (χ4v) is 2.59. The third kappa shape index (κ3) is 3.48. The smallest absolute Gasteiger partial charge is 0.437 e. The molecule has 24 heavy (non-hydrogen) atoms. The number of rotatable bonds is 3. The lowest BCUT2D eigenvalue weighted by atomic mass is 10.0. The SMILES string of the molecule is COc1ccc(NC(=O)O/N=C2\CCN(C)c3ccccc32)cc1. The van der Waals surface area contributed by atoms with Gasteiger partial charge in [0.25, 0.3) is 0 Å². The number of benzene rings is 2. The quantitative estimate of drug-likeness (QED) is 0.693. The number of oxime groups is 1. The second-order valence-corrected chi connectivity index (χ2v) is 5.46. The molecule has 3 rings (SSSR count). The first kappa shape index (κ1) is 15.9. The van der Waals surface area contributed by atoms with Gasteiger partial charge in [-0.25, -0.2) is 4.79 Å². The molecule has 1 aliphatic rings. The van der Waals surface area contributed by atoms with Crippen molar-refractivity contribution < 1.29 is 14.4 Å². The van der Waals surface area contributed by atoms with Gasteiger partial charge in [0.05, 0.1) is 12.8 Å². The molecule has 6 nitrogen and oxygen atoms in total. The van der Waals surface area contributed by atoms with Crippen molar-refractivity contribution in [1.82, 2.24) is 0 Å². The molecule has 2 aromatic carbocycles. The van der Waals surface area contributed by atoms with E-state index in [0.29, 0.717) is 5.69 Å². The first-order valence-electron chi connectivity index (χ1n) is 7.67. The van der Waals surface area contributed by atoms with Crippen LogP contribution < -0.4 is 15.0 Å². The highest BCUT2D eigenvalue weighted by Crippen LogP contribution is 2.26. The Hall–Kier alpha value is -3.02. The maximum atomic E-state index is 11.9. The van der Waals surface area contributed by atoms with Crippen molar-refractivity contribution >= 4 is 23.2 Å². The van der Waals surface area contributed by atoms with Crippen LogP contribution >= 0.6 is 0 Å². The number of amides is 1. The maximum absolute atomic E-state index is 11.9. The number of ether oxygens (including phenoxy) is 1. The zero-order valence-electron chi connectivity index (χ0n) is 13.7. The van der Waals surface area contributed by atoms with Gasteiger partial charge in [-0.2, -0.15) is 0 Å². The molecule has 0 bridgehead atoms. The predicted octanol–water partition coefficient (Wildman–Crippen LogP) is 3.49. The number of fused-ring (bicyclic) bond motifs is 1. The van der Waals surface area contributed by atoms with Crippen molar-refractivity contribution in [3.63, 3.8) is 0 Å². The summed E-state index contributed by atoms with van der Waals surface area (Å²) in [6.45, 7) is 0.833. The average Bonchev–Trinajstić information content (AvgIpc) is 2.62. The zero-order valence-corrected chi connectivity index (χ0v) is 13.7. The molecule has 0 unspecified atom stereocenters. The number of carbonyl (C=O) groups excluding carboxylic acids is 1. The van der Waals surface area contributed by atoms with E-state index in [4.69, 9.17) is 9.57 Å². The largest absolute Gasteiger partial charge is 0.497 e. The van der Waals surface area contributed by atoms with Crippen molar-refractivity contribution in [1.29, 1.82) is 0 Å². The Morgan fingerprint density at radius 3 is 2.67 bits per heavy atom. The average molecular weight is 325 g/mol. The number of anilines is 2. The van der Waals surface area contributed by atoms with Gasteiger partial charge in [-0.05, 0) is 30.3 Å². The van der Waals surface area contributed by atoms with Gasteiger partial charge < -0.3 is 9.64 Å². The van der Waals surface area contributed by atoms with Crippen LogP contribution in [0.2, 0.25) is 0 Å². The predicted molar refractivity (Wildman–Crippen MR) is 94.0 cm³/mol. The molecule has 0 aliphatic carbocycles. The molecule has 1 N–H and O–H groups in total. The molecular weight excluding hydrogens is 306 g/mol. The Bertz CT molecular complexity index is 756. The third-order valence-electron chi connectivity index (χ3n) is 3.89. The molecule has 0 saturated heterocycles. The summed E-state index contributed by atoms with van der Waals surface area (Å²) in [6.07, 6.45) is 0.104. The summed E-state index contributed by atoms with van der Waals surface area (Å²) in [4.78, 5) is 19.1. The van der Waals surface area contributed by atoms with Crippen LogP contribution in [0.25, 0.3) is 0 Å². The topological polar surface area (TPSA) is 63.2 Å². The van der Waals surface area contributed by atoms with E-state index in [2.05, 4.69) is 15.4 Å². The summed E-state index contributed by atoms with van der Waals surface area (Å²) in [5, 5.41) is 6.67. The fraction of sp³-hybridized carbons (Fsp3) is 0.222. The Labute approximate surface area is 140 Å². The molecule has 0 saturated carbocycles. The van der Waals surface area contributed by atoms with Crippen molar-refractivity contribution in [2.75, 3.05) is 30.9 Å². The Morgan fingerprint density at radius 1 is 1.17 bits per heavy atom. The number of carbonyl (C=O) groups is 1. The summed E-state index contributed by atoms with van der Waals surface area (Å²) in [6, 6.07) is 14.9. The van der Waals surface area contributed by atoms with Gasteiger partial charge in [-0.1, -0.05) is 23.4 Å². The monoisotopic (exact) mass is 325 g/mol. The van der Waals surface area contributed by atoms with E-state index in [0.717, 1.165) is 35.7 Å². The molecule has 124 valence electrons. The summed E-state index contributed by atoms with van der Waals surface area (Å²) >= 11 is 0. The van der Waals surface area contributed by atoms with Gasteiger partial charge in [-0.15, -0.1) is 0 Å². The van der Waals surface area contributed by atoms with E-state index in [9.17, 15) is 4.79 Å². The van der Waals surface area contributed by atoms with E-state index >= 15 is 0 Å². The van der Waals surface area contributed by atoms with Gasteiger partial charge >= 0.3 is 6.09 Å². The molecule has 0 radical (unpaired) electrons. The molecule has 1 heterocycles. The lowest BCUT2D eigenvalue weighted by Gasteiger charge is -2.27.